The first kappa shape index (κ1) is 35.3. The summed E-state index contributed by atoms with van der Waals surface area (Å²) in [5.74, 6) is 0. The SMILES string of the molecule is CN(c1ccccc1)c1ccc2c(c1)CN=C2/C=C/c1ccccc1.CNc1ccccc1.Ic1ccc2c(c1)CN=C2/C=C/c1ccccc1. The first-order chi connectivity index (χ1) is 25.1. The fourth-order valence-corrected chi connectivity index (χ4v) is 6.35. The summed E-state index contributed by atoms with van der Waals surface area (Å²) in [6.07, 6.45) is 8.46. The van der Waals surface area contributed by atoms with Gasteiger partial charge in [-0.2, -0.15) is 0 Å². The lowest BCUT2D eigenvalue weighted by Gasteiger charge is -2.20. The van der Waals surface area contributed by atoms with Crippen molar-refractivity contribution in [3.63, 3.8) is 0 Å². The van der Waals surface area contributed by atoms with Crippen molar-refractivity contribution in [3.05, 3.63) is 207 Å². The average Bonchev–Trinajstić information content (AvgIpc) is 3.81. The van der Waals surface area contributed by atoms with Crippen LogP contribution in [0.2, 0.25) is 0 Å². The highest BCUT2D eigenvalue weighted by atomic mass is 127. The number of halogens is 1. The number of allylic oxidation sites excluding steroid dienone is 2. The molecule has 6 aromatic carbocycles. The van der Waals surface area contributed by atoms with E-state index in [0.717, 1.165) is 30.2 Å². The summed E-state index contributed by atoms with van der Waals surface area (Å²) in [6, 6.07) is 54.3. The maximum Gasteiger partial charge on any atom is 0.0654 e. The average molecular weight is 777 g/mol. The molecule has 252 valence electrons. The summed E-state index contributed by atoms with van der Waals surface area (Å²) in [7, 11) is 4.01. The van der Waals surface area contributed by atoms with Crippen LogP contribution >= 0.6 is 22.6 Å². The van der Waals surface area contributed by atoms with Crippen molar-refractivity contribution in [3.8, 4) is 0 Å². The van der Waals surface area contributed by atoms with E-state index < -0.39 is 0 Å². The maximum atomic E-state index is 4.70. The number of hydrogen-bond donors (Lipinski definition) is 1. The van der Waals surface area contributed by atoms with Crippen LogP contribution in [-0.2, 0) is 13.1 Å². The molecule has 51 heavy (non-hydrogen) atoms. The zero-order valence-electron chi connectivity index (χ0n) is 29.0. The zero-order valence-corrected chi connectivity index (χ0v) is 31.1. The largest absolute Gasteiger partial charge is 0.388 e. The monoisotopic (exact) mass is 776 g/mol. The van der Waals surface area contributed by atoms with Crippen molar-refractivity contribution < 1.29 is 0 Å². The Bertz CT molecular complexity index is 2140. The van der Waals surface area contributed by atoms with Crippen molar-refractivity contribution >= 4 is 63.2 Å². The molecule has 4 nitrogen and oxygen atoms in total. The van der Waals surface area contributed by atoms with Gasteiger partial charge in [-0.05, 0) is 106 Å². The number of anilines is 3. The molecule has 2 aliphatic heterocycles. The van der Waals surface area contributed by atoms with E-state index in [2.05, 4.69) is 166 Å². The second-order valence-corrected chi connectivity index (χ2v) is 13.3. The van der Waals surface area contributed by atoms with E-state index in [0.29, 0.717) is 0 Å². The summed E-state index contributed by atoms with van der Waals surface area (Å²) in [4.78, 5) is 11.5. The minimum absolute atomic E-state index is 0.750. The third-order valence-corrected chi connectivity index (χ3v) is 9.28. The van der Waals surface area contributed by atoms with Crippen LogP contribution in [0.15, 0.2) is 180 Å². The molecule has 1 N–H and O–H groups in total. The van der Waals surface area contributed by atoms with Crippen molar-refractivity contribution in [1.82, 2.24) is 0 Å². The second-order valence-electron chi connectivity index (χ2n) is 12.0. The smallest absolute Gasteiger partial charge is 0.0654 e. The molecule has 0 radical (unpaired) electrons. The Morgan fingerprint density at radius 3 is 1.51 bits per heavy atom. The van der Waals surface area contributed by atoms with E-state index in [1.165, 1.54) is 48.3 Å². The predicted molar refractivity (Wildman–Crippen MR) is 228 cm³/mol. The molecular weight excluding hydrogens is 735 g/mol. The third-order valence-electron chi connectivity index (χ3n) is 8.61. The van der Waals surface area contributed by atoms with Gasteiger partial charge in [0.1, 0.15) is 0 Å². The van der Waals surface area contributed by atoms with Crippen molar-refractivity contribution in [2.45, 2.75) is 13.1 Å². The third kappa shape index (κ3) is 9.80. The van der Waals surface area contributed by atoms with Gasteiger partial charge in [0.2, 0.25) is 0 Å². The molecule has 0 amide bonds. The minimum Gasteiger partial charge on any atom is -0.388 e. The van der Waals surface area contributed by atoms with Gasteiger partial charge >= 0.3 is 0 Å². The molecule has 2 heterocycles. The van der Waals surface area contributed by atoms with Crippen LogP contribution in [0, 0.1) is 3.57 Å². The Morgan fingerprint density at radius 2 is 1.00 bits per heavy atom. The van der Waals surface area contributed by atoms with Crippen molar-refractivity contribution in [1.29, 1.82) is 0 Å². The van der Waals surface area contributed by atoms with Crippen LogP contribution < -0.4 is 10.2 Å². The van der Waals surface area contributed by atoms with Gasteiger partial charge < -0.3 is 10.2 Å². The number of benzene rings is 6. The van der Waals surface area contributed by atoms with Crippen molar-refractivity contribution in [2.24, 2.45) is 9.98 Å². The molecule has 0 saturated heterocycles. The lowest BCUT2D eigenvalue weighted by atomic mass is 10.0. The Labute approximate surface area is 315 Å². The molecule has 0 saturated carbocycles. The van der Waals surface area contributed by atoms with Gasteiger partial charge in [-0.3, -0.25) is 9.98 Å². The Balaban J connectivity index is 0.000000150. The van der Waals surface area contributed by atoms with Gasteiger partial charge in [0.25, 0.3) is 0 Å². The zero-order chi connectivity index (χ0) is 35.3. The fraction of sp³-hybridized carbons (Fsp3) is 0.0870. The number of aliphatic imine (C=N–C) groups is 2. The number of fused-ring (bicyclic) bond motifs is 2. The quantitative estimate of drug-likeness (QED) is 0.164. The van der Waals surface area contributed by atoms with E-state index in [4.69, 9.17) is 4.99 Å². The summed E-state index contributed by atoms with van der Waals surface area (Å²) in [6.45, 7) is 1.56. The molecule has 0 unspecified atom stereocenters. The molecule has 0 aromatic heterocycles. The Kier molecular flexibility index (Phi) is 12.4. The molecule has 0 bridgehead atoms. The second kappa shape index (κ2) is 17.9. The topological polar surface area (TPSA) is 40.0 Å². The Morgan fingerprint density at radius 1 is 0.529 bits per heavy atom. The maximum absolute atomic E-state index is 4.70. The predicted octanol–water partition coefficient (Wildman–Crippen LogP) is 11.5. The summed E-state index contributed by atoms with van der Waals surface area (Å²) >= 11 is 2.34. The summed E-state index contributed by atoms with van der Waals surface area (Å²) < 4.78 is 1.27. The molecule has 8 rings (SSSR count). The van der Waals surface area contributed by atoms with Crippen molar-refractivity contribution in [2.75, 3.05) is 24.3 Å². The van der Waals surface area contributed by atoms with Crippen LogP contribution in [0.5, 0.6) is 0 Å². The van der Waals surface area contributed by atoms with Gasteiger partial charge in [-0.15, -0.1) is 0 Å². The van der Waals surface area contributed by atoms with E-state index in [-0.39, 0.29) is 0 Å². The lowest BCUT2D eigenvalue weighted by molar-refractivity contribution is 1.10. The van der Waals surface area contributed by atoms with Crippen LogP contribution in [0.3, 0.4) is 0 Å². The van der Waals surface area contributed by atoms with Crippen LogP contribution in [0.25, 0.3) is 12.2 Å². The molecule has 2 aliphatic rings. The number of nitrogens with one attached hydrogen (secondary N) is 1. The molecule has 0 spiro atoms. The van der Waals surface area contributed by atoms with E-state index >= 15 is 0 Å². The lowest BCUT2D eigenvalue weighted by Crippen LogP contribution is -2.09. The highest BCUT2D eigenvalue weighted by Crippen LogP contribution is 2.29. The van der Waals surface area contributed by atoms with E-state index in [9.17, 15) is 0 Å². The van der Waals surface area contributed by atoms with Crippen LogP contribution in [-0.4, -0.2) is 25.5 Å². The number of rotatable bonds is 7. The Hall–Kier alpha value is -5.53. The number of hydrogen-bond acceptors (Lipinski definition) is 4. The summed E-state index contributed by atoms with van der Waals surface area (Å²) in [5, 5.41) is 3.03. The van der Waals surface area contributed by atoms with Gasteiger partial charge in [0.15, 0.2) is 0 Å². The first-order valence-corrected chi connectivity index (χ1v) is 18.1. The molecular formula is C46H41IN4. The molecule has 0 aliphatic carbocycles. The molecule has 0 fully saturated rings. The van der Waals surface area contributed by atoms with Gasteiger partial charge in [-0.1, -0.05) is 121 Å². The molecule has 5 heteroatoms. The minimum atomic E-state index is 0.750. The van der Waals surface area contributed by atoms with Crippen LogP contribution in [0.4, 0.5) is 17.1 Å². The molecule has 6 aromatic rings. The molecule has 0 atom stereocenters. The highest BCUT2D eigenvalue weighted by molar-refractivity contribution is 14.1. The normalized spacial score (nSPS) is 12.5. The van der Waals surface area contributed by atoms with Gasteiger partial charge in [0.05, 0.1) is 24.5 Å². The fourth-order valence-electron chi connectivity index (χ4n) is 5.79. The van der Waals surface area contributed by atoms with Crippen LogP contribution in [0.1, 0.15) is 33.4 Å². The number of nitrogens with zero attached hydrogens (tertiary/aromatic N) is 3. The van der Waals surface area contributed by atoms with E-state index in [1.54, 1.807) is 0 Å². The standard InChI is InChI=1S/C23H20N2.C16H12IN.C7H9N/c1-25(20-10-6-3-7-11-20)21-13-14-22-19(16-21)17-24-23(22)15-12-18-8-4-2-5-9-18;17-14-7-8-15-13(10-14)11-18-16(15)9-6-12-4-2-1-3-5-12;1-8-7-5-3-2-4-6-7/h2-16H,17H2,1H3;1-10H,11H2;2-6,8H,1H3/b15-12+;9-6+;. The highest BCUT2D eigenvalue weighted by Gasteiger charge is 2.16. The number of para-hydroxylation sites is 2. The summed E-state index contributed by atoms with van der Waals surface area (Å²) in [5.41, 5.74) is 13.2. The van der Waals surface area contributed by atoms with E-state index in [1.807, 2.05) is 67.7 Å². The van der Waals surface area contributed by atoms with Gasteiger partial charge in [-0.25, -0.2) is 0 Å². The first-order valence-electron chi connectivity index (χ1n) is 17.1. The van der Waals surface area contributed by atoms with Gasteiger partial charge in [0, 0.05) is 45.9 Å².